The van der Waals surface area contributed by atoms with Gasteiger partial charge in [-0.15, -0.1) is 0 Å². The minimum atomic E-state index is -0.455. The number of nitrogens with zero attached hydrogens (tertiary/aromatic N) is 2. The molecule has 6 nitrogen and oxygen atoms in total. The van der Waals surface area contributed by atoms with Gasteiger partial charge in [-0.25, -0.2) is 0 Å². The Morgan fingerprint density at radius 1 is 1.12 bits per heavy atom. The molecule has 26 heavy (non-hydrogen) atoms. The standard InChI is InChI=1S/C20H17N3O3/c24-8-7-15-10-19(25)20(26)12-23(15)14-4-1-3-13(9-14)16-5-2-6-18-17(16)11-21-22-18/h1-6,9-12,24,26H,7-8H2,(H,21,22). The van der Waals surface area contributed by atoms with Gasteiger partial charge < -0.3 is 14.8 Å². The van der Waals surface area contributed by atoms with E-state index < -0.39 is 5.43 Å². The van der Waals surface area contributed by atoms with Crippen LogP contribution in [0.1, 0.15) is 5.69 Å². The van der Waals surface area contributed by atoms with Crippen LogP contribution in [0.25, 0.3) is 27.7 Å². The highest BCUT2D eigenvalue weighted by Crippen LogP contribution is 2.29. The first-order chi connectivity index (χ1) is 12.7. The number of benzene rings is 2. The molecule has 0 fully saturated rings. The van der Waals surface area contributed by atoms with Crippen LogP contribution in [-0.2, 0) is 6.42 Å². The Morgan fingerprint density at radius 3 is 2.81 bits per heavy atom. The first kappa shape index (κ1) is 16.1. The van der Waals surface area contributed by atoms with Gasteiger partial charge in [0.25, 0.3) is 0 Å². The molecule has 0 unspecified atom stereocenters. The maximum atomic E-state index is 11.7. The molecule has 6 heteroatoms. The van der Waals surface area contributed by atoms with Crippen LogP contribution in [0.5, 0.6) is 5.75 Å². The lowest BCUT2D eigenvalue weighted by atomic mass is 10.0. The van der Waals surface area contributed by atoms with Gasteiger partial charge in [-0.1, -0.05) is 24.3 Å². The number of fused-ring (bicyclic) bond motifs is 1. The highest BCUT2D eigenvalue weighted by atomic mass is 16.3. The first-order valence-corrected chi connectivity index (χ1v) is 8.25. The summed E-state index contributed by atoms with van der Waals surface area (Å²) in [5.74, 6) is -0.325. The quantitative estimate of drug-likeness (QED) is 0.529. The van der Waals surface area contributed by atoms with Crippen LogP contribution in [0.15, 0.2) is 65.7 Å². The third-order valence-electron chi connectivity index (χ3n) is 4.40. The maximum absolute atomic E-state index is 11.7. The molecule has 0 saturated carbocycles. The topological polar surface area (TPSA) is 91.1 Å². The number of rotatable bonds is 4. The van der Waals surface area contributed by atoms with E-state index in [4.69, 9.17) is 0 Å². The van der Waals surface area contributed by atoms with Crippen molar-refractivity contribution in [3.63, 3.8) is 0 Å². The summed E-state index contributed by atoms with van der Waals surface area (Å²) >= 11 is 0. The maximum Gasteiger partial charge on any atom is 0.223 e. The molecule has 0 amide bonds. The molecule has 2 heterocycles. The van der Waals surface area contributed by atoms with Gasteiger partial charge in [-0.3, -0.25) is 9.89 Å². The van der Waals surface area contributed by atoms with Crippen molar-refractivity contribution in [3.05, 3.63) is 76.8 Å². The molecule has 2 aromatic carbocycles. The first-order valence-electron chi connectivity index (χ1n) is 8.25. The lowest BCUT2D eigenvalue weighted by Gasteiger charge is -2.15. The highest BCUT2D eigenvalue weighted by molar-refractivity contribution is 5.94. The van der Waals surface area contributed by atoms with Crippen LogP contribution in [0.4, 0.5) is 0 Å². The van der Waals surface area contributed by atoms with Gasteiger partial charge in [-0.2, -0.15) is 5.10 Å². The van der Waals surface area contributed by atoms with Gasteiger partial charge in [0.2, 0.25) is 5.43 Å². The molecule has 0 aliphatic heterocycles. The fraction of sp³-hybridized carbons (Fsp3) is 0.100. The van der Waals surface area contributed by atoms with Crippen molar-refractivity contribution in [2.24, 2.45) is 0 Å². The smallest absolute Gasteiger partial charge is 0.223 e. The average Bonchev–Trinajstić information content (AvgIpc) is 3.13. The van der Waals surface area contributed by atoms with Crippen LogP contribution in [0.3, 0.4) is 0 Å². The van der Waals surface area contributed by atoms with Crippen molar-refractivity contribution >= 4 is 10.9 Å². The Hall–Kier alpha value is -3.38. The van der Waals surface area contributed by atoms with Crippen molar-refractivity contribution in [1.82, 2.24) is 14.8 Å². The number of pyridine rings is 1. The lowest BCUT2D eigenvalue weighted by molar-refractivity contribution is 0.297. The van der Waals surface area contributed by atoms with Gasteiger partial charge in [0.1, 0.15) is 0 Å². The molecule has 0 aliphatic carbocycles. The molecule has 0 bridgehead atoms. The predicted octanol–water partition coefficient (Wildman–Crippen LogP) is 2.62. The van der Waals surface area contributed by atoms with Gasteiger partial charge in [-0.05, 0) is 29.3 Å². The number of aromatic nitrogens is 3. The number of nitrogens with one attached hydrogen (secondary N) is 1. The molecule has 2 aromatic heterocycles. The van der Waals surface area contributed by atoms with Crippen LogP contribution < -0.4 is 5.43 Å². The molecule has 0 aliphatic rings. The Kier molecular flexibility index (Phi) is 4.02. The SMILES string of the molecule is O=c1cc(CCO)n(-c2cccc(-c3cccc4[nH]ncc34)c2)cc1O. The minimum absolute atomic E-state index is 0.0851. The zero-order valence-electron chi connectivity index (χ0n) is 13.9. The van der Waals surface area contributed by atoms with Crippen molar-refractivity contribution in [2.75, 3.05) is 6.61 Å². The van der Waals surface area contributed by atoms with E-state index in [1.54, 1.807) is 10.8 Å². The van der Waals surface area contributed by atoms with Gasteiger partial charge in [0, 0.05) is 35.9 Å². The van der Waals surface area contributed by atoms with E-state index in [2.05, 4.69) is 10.2 Å². The van der Waals surface area contributed by atoms with Crippen molar-refractivity contribution in [2.45, 2.75) is 6.42 Å². The Labute approximate surface area is 149 Å². The number of hydrogen-bond acceptors (Lipinski definition) is 4. The number of aromatic amines is 1. The molecule has 4 aromatic rings. The average molecular weight is 347 g/mol. The van der Waals surface area contributed by atoms with Gasteiger partial charge in [0.05, 0.1) is 17.9 Å². The van der Waals surface area contributed by atoms with Crippen molar-refractivity contribution in [1.29, 1.82) is 0 Å². The molecule has 3 N–H and O–H groups in total. The van der Waals surface area contributed by atoms with Gasteiger partial charge >= 0.3 is 0 Å². The monoisotopic (exact) mass is 347 g/mol. The summed E-state index contributed by atoms with van der Waals surface area (Å²) in [5.41, 5.74) is 3.95. The molecule has 0 spiro atoms. The molecule has 0 radical (unpaired) electrons. The third kappa shape index (κ3) is 2.76. The fourth-order valence-corrected chi connectivity index (χ4v) is 3.15. The fourth-order valence-electron chi connectivity index (χ4n) is 3.15. The van der Waals surface area contributed by atoms with E-state index >= 15 is 0 Å². The Morgan fingerprint density at radius 2 is 1.96 bits per heavy atom. The summed E-state index contributed by atoms with van der Waals surface area (Å²) < 4.78 is 1.73. The molecular formula is C20H17N3O3. The predicted molar refractivity (Wildman–Crippen MR) is 99.6 cm³/mol. The van der Waals surface area contributed by atoms with E-state index in [0.717, 1.165) is 27.7 Å². The summed E-state index contributed by atoms with van der Waals surface area (Å²) in [6.07, 6.45) is 3.50. The van der Waals surface area contributed by atoms with Crippen LogP contribution >= 0.6 is 0 Å². The largest absolute Gasteiger partial charge is 0.503 e. The number of hydrogen-bond donors (Lipinski definition) is 3. The second-order valence-electron chi connectivity index (χ2n) is 6.05. The van der Waals surface area contributed by atoms with Crippen LogP contribution in [0.2, 0.25) is 0 Å². The number of aliphatic hydroxyl groups excluding tert-OH is 1. The summed E-state index contributed by atoms with van der Waals surface area (Å²) in [4.78, 5) is 11.7. The van der Waals surface area contributed by atoms with E-state index in [1.807, 2.05) is 42.5 Å². The van der Waals surface area contributed by atoms with E-state index in [1.165, 1.54) is 12.3 Å². The van der Waals surface area contributed by atoms with Crippen molar-refractivity contribution < 1.29 is 10.2 Å². The lowest BCUT2D eigenvalue weighted by Crippen LogP contribution is -2.12. The van der Waals surface area contributed by atoms with Crippen molar-refractivity contribution in [3.8, 4) is 22.6 Å². The second kappa shape index (κ2) is 6.50. The second-order valence-corrected chi connectivity index (χ2v) is 6.05. The van der Waals surface area contributed by atoms with Gasteiger partial charge in [0.15, 0.2) is 5.75 Å². The molecular weight excluding hydrogens is 330 g/mol. The minimum Gasteiger partial charge on any atom is -0.503 e. The molecule has 130 valence electrons. The summed E-state index contributed by atoms with van der Waals surface area (Å²) in [6.45, 7) is -0.0851. The van der Waals surface area contributed by atoms with E-state index in [-0.39, 0.29) is 12.4 Å². The summed E-state index contributed by atoms with van der Waals surface area (Å²) in [6, 6.07) is 15.1. The number of aromatic hydroxyl groups is 1. The zero-order valence-corrected chi connectivity index (χ0v) is 13.9. The molecule has 0 saturated heterocycles. The van der Waals surface area contributed by atoms with Crippen LogP contribution in [-0.4, -0.2) is 31.6 Å². The Bertz CT molecular complexity index is 1140. The Balaban J connectivity index is 1.88. The van der Waals surface area contributed by atoms with Crippen LogP contribution in [0, 0.1) is 0 Å². The number of H-pyrrole nitrogens is 1. The summed E-state index contributed by atoms with van der Waals surface area (Å²) in [5, 5.41) is 27.2. The molecule has 0 atom stereocenters. The number of aliphatic hydroxyl groups is 1. The van der Waals surface area contributed by atoms with E-state index in [9.17, 15) is 15.0 Å². The normalized spacial score (nSPS) is 11.1. The zero-order chi connectivity index (χ0) is 18.1. The summed E-state index contributed by atoms with van der Waals surface area (Å²) in [7, 11) is 0. The molecule has 4 rings (SSSR count). The highest BCUT2D eigenvalue weighted by Gasteiger charge is 2.10. The third-order valence-corrected chi connectivity index (χ3v) is 4.40. The van der Waals surface area contributed by atoms with E-state index in [0.29, 0.717) is 12.1 Å².